The second-order valence-corrected chi connectivity index (χ2v) is 3.65. The van der Waals surface area contributed by atoms with Crippen molar-refractivity contribution in [2.75, 3.05) is 5.32 Å². The maximum atomic E-state index is 5.82. The highest BCUT2D eigenvalue weighted by molar-refractivity contribution is 6.29. The van der Waals surface area contributed by atoms with E-state index in [9.17, 15) is 0 Å². The minimum atomic E-state index is -0.107. The summed E-state index contributed by atoms with van der Waals surface area (Å²) in [5, 5.41) is 17.1. The quantitative estimate of drug-likeness (QED) is 0.780. The van der Waals surface area contributed by atoms with E-state index in [4.69, 9.17) is 11.6 Å². The van der Waals surface area contributed by atoms with Gasteiger partial charge in [0.2, 0.25) is 0 Å². The molecule has 0 radical (unpaired) electrons. The zero-order valence-corrected chi connectivity index (χ0v) is 9.52. The Hall–Kier alpha value is -1.76. The van der Waals surface area contributed by atoms with Crippen LogP contribution in [-0.4, -0.2) is 30.6 Å². The molecular formula is C8H10ClN7. The number of tetrazole rings is 1. The van der Waals surface area contributed by atoms with Gasteiger partial charge in [-0.25, -0.2) is 9.97 Å². The highest BCUT2D eigenvalue weighted by atomic mass is 35.5. The molecule has 0 fully saturated rings. The van der Waals surface area contributed by atoms with Crippen molar-refractivity contribution in [3.8, 4) is 0 Å². The molecule has 0 aliphatic heterocycles. The molecule has 1 unspecified atom stereocenters. The molecule has 0 bridgehead atoms. The minimum absolute atomic E-state index is 0.107. The van der Waals surface area contributed by atoms with Crippen LogP contribution in [0.5, 0.6) is 0 Å². The van der Waals surface area contributed by atoms with Crippen LogP contribution < -0.4 is 5.32 Å². The van der Waals surface area contributed by atoms with Gasteiger partial charge in [0, 0.05) is 6.07 Å². The zero-order chi connectivity index (χ0) is 11.5. The van der Waals surface area contributed by atoms with E-state index >= 15 is 0 Å². The third kappa shape index (κ3) is 2.43. The van der Waals surface area contributed by atoms with Gasteiger partial charge in [0.25, 0.3) is 0 Å². The lowest BCUT2D eigenvalue weighted by molar-refractivity contribution is 0.785. The van der Waals surface area contributed by atoms with Gasteiger partial charge in [0.15, 0.2) is 5.82 Å². The minimum Gasteiger partial charge on any atom is -0.360 e. The average molecular weight is 240 g/mol. The van der Waals surface area contributed by atoms with Crippen molar-refractivity contribution in [1.29, 1.82) is 0 Å². The molecule has 2 aromatic heterocycles. The Labute approximate surface area is 96.6 Å². The molecule has 2 rings (SSSR count). The maximum Gasteiger partial charge on any atom is 0.196 e. The van der Waals surface area contributed by atoms with E-state index in [1.54, 1.807) is 13.0 Å². The molecule has 2 aromatic rings. The summed E-state index contributed by atoms with van der Waals surface area (Å²) >= 11 is 5.82. The van der Waals surface area contributed by atoms with E-state index in [0.29, 0.717) is 22.6 Å². The molecule has 0 saturated carbocycles. The molecule has 0 aliphatic rings. The molecule has 16 heavy (non-hydrogen) atoms. The van der Waals surface area contributed by atoms with Crippen molar-refractivity contribution in [2.45, 2.75) is 19.9 Å². The maximum absolute atomic E-state index is 5.82. The van der Waals surface area contributed by atoms with Gasteiger partial charge in [-0.05, 0) is 13.8 Å². The highest BCUT2D eigenvalue weighted by Crippen LogP contribution is 2.16. The van der Waals surface area contributed by atoms with Crippen LogP contribution in [0.4, 0.5) is 5.82 Å². The van der Waals surface area contributed by atoms with Crippen molar-refractivity contribution in [1.82, 2.24) is 30.6 Å². The van der Waals surface area contributed by atoms with Gasteiger partial charge in [-0.3, -0.25) is 0 Å². The smallest absolute Gasteiger partial charge is 0.196 e. The van der Waals surface area contributed by atoms with Crippen molar-refractivity contribution >= 4 is 17.4 Å². The Morgan fingerprint density at radius 1 is 1.44 bits per heavy atom. The largest absolute Gasteiger partial charge is 0.360 e. The average Bonchev–Trinajstić information content (AvgIpc) is 2.68. The summed E-state index contributed by atoms with van der Waals surface area (Å²) in [5.41, 5.74) is 0. The van der Waals surface area contributed by atoms with Gasteiger partial charge in [0.05, 0.1) is 6.04 Å². The van der Waals surface area contributed by atoms with E-state index in [0.717, 1.165) is 0 Å². The number of anilines is 1. The fourth-order valence-electron chi connectivity index (χ4n) is 1.24. The second-order valence-electron chi connectivity index (χ2n) is 3.26. The van der Waals surface area contributed by atoms with Crippen molar-refractivity contribution in [3.05, 3.63) is 22.9 Å². The zero-order valence-electron chi connectivity index (χ0n) is 8.77. The number of aromatic amines is 1. The summed E-state index contributed by atoms with van der Waals surface area (Å²) in [5.74, 6) is 1.80. The van der Waals surface area contributed by atoms with Crippen LogP contribution >= 0.6 is 11.6 Å². The third-order valence-electron chi connectivity index (χ3n) is 1.92. The Morgan fingerprint density at radius 2 is 2.25 bits per heavy atom. The van der Waals surface area contributed by atoms with Crippen molar-refractivity contribution in [3.63, 3.8) is 0 Å². The Bertz CT molecular complexity index is 449. The first-order valence-electron chi connectivity index (χ1n) is 4.66. The Kier molecular flexibility index (Phi) is 2.95. The number of aryl methyl sites for hydroxylation is 1. The van der Waals surface area contributed by atoms with Gasteiger partial charge in [-0.2, -0.15) is 5.21 Å². The van der Waals surface area contributed by atoms with E-state index in [2.05, 4.69) is 35.9 Å². The second kappa shape index (κ2) is 4.40. The summed E-state index contributed by atoms with van der Waals surface area (Å²) in [6.45, 7) is 3.67. The van der Waals surface area contributed by atoms with E-state index < -0.39 is 0 Å². The fraction of sp³-hybridized carbons (Fsp3) is 0.375. The van der Waals surface area contributed by atoms with E-state index in [-0.39, 0.29) is 6.04 Å². The molecule has 0 saturated heterocycles. The van der Waals surface area contributed by atoms with Crippen LogP contribution in [0.25, 0.3) is 0 Å². The molecule has 0 aliphatic carbocycles. The standard InChI is InChI=1S/C8H10ClN7/c1-4(8-13-15-16-14-8)10-7-3-6(9)11-5(2)12-7/h3-4H,1-2H3,(H,10,11,12)(H,13,14,15,16). The molecule has 0 spiro atoms. The SMILES string of the molecule is Cc1nc(Cl)cc(NC(C)c2nn[nH]n2)n1. The molecule has 0 aromatic carbocycles. The summed E-state index contributed by atoms with van der Waals surface area (Å²) in [6.07, 6.45) is 0. The number of rotatable bonds is 3. The summed E-state index contributed by atoms with van der Waals surface area (Å²) in [7, 11) is 0. The molecule has 0 amide bonds. The van der Waals surface area contributed by atoms with Crippen LogP contribution in [0.3, 0.4) is 0 Å². The molecule has 7 nitrogen and oxygen atoms in total. The topological polar surface area (TPSA) is 92.3 Å². The third-order valence-corrected chi connectivity index (χ3v) is 2.11. The Morgan fingerprint density at radius 3 is 2.88 bits per heavy atom. The summed E-state index contributed by atoms with van der Waals surface area (Å²) in [6, 6.07) is 1.54. The predicted octanol–water partition coefficient (Wildman–Crippen LogP) is 1.12. The van der Waals surface area contributed by atoms with E-state index in [1.807, 2.05) is 6.92 Å². The van der Waals surface area contributed by atoms with Crippen LogP contribution in [0, 0.1) is 6.92 Å². The molecule has 84 valence electrons. The first-order chi connectivity index (χ1) is 7.65. The molecule has 8 heteroatoms. The fourth-order valence-corrected chi connectivity index (χ4v) is 1.47. The number of nitrogens with one attached hydrogen (secondary N) is 2. The van der Waals surface area contributed by atoms with Gasteiger partial charge < -0.3 is 5.32 Å². The molecule has 2 heterocycles. The molecule has 1 atom stereocenters. The highest BCUT2D eigenvalue weighted by Gasteiger charge is 2.11. The Balaban J connectivity index is 2.15. The van der Waals surface area contributed by atoms with Gasteiger partial charge in [0.1, 0.15) is 16.8 Å². The normalized spacial score (nSPS) is 12.4. The molecule has 2 N–H and O–H groups in total. The van der Waals surface area contributed by atoms with Crippen LogP contribution in [0.2, 0.25) is 5.15 Å². The number of aromatic nitrogens is 6. The lowest BCUT2D eigenvalue weighted by Crippen LogP contribution is -2.10. The van der Waals surface area contributed by atoms with Crippen LogP contribution in [0.1, 0.15) is 24.6 Å². The lowest BCUT2D eigenvalue weighted by atomic mass is 10.3. The first kappa shape index (κ1) is 10.7. The van der Waals surface area contributed by atoms with Crippen LogP contribution in [0.15, 0.2) is 6.07 Å². The monoisotopic (exact) mass is 239 g/mol. The van der Waals surface area contributed by atoms with Crippen LogP contribution in [-0.2, 0) is 0 Å². The van der Waals surface area contributed by atoms with Gasteiger partial charge >= 0.3 is 0 Å². The summed E-state index contributed by atoms with van der Waals surface area (Å²) < 4.78 is 0. The van der Waals surface area contributed by atoms with Gasteiger partial charge in [-0.1, -0.05) is 16.8 Å². The number of hydrogen-bond donors (Lipinski definition) is 2. The first-order valence-corrected chi connectivity index (χ1v) is 5.04. The van der Waals surface area contributed by atoms with Crippen molar-refractivity contribution in [2.24, 2.45) is 0 Å². The van der Waals surface area contributed by atoms with E-state index in [1.165, 1.54) is 0 Å². The molecular weight excluding hydrogens is 230 g/mol. The number of nitrogens with zero attached hydrogens (tertiary/aromatic N) is 5. The predicted molar refractivity (Wildman–Crippen MR) is 58.0 cm³/mol. The van der Waals surface area contributed by atoms with Gasteiger partial charge in [-0.15, -0.1) is 10.2 Å². The lowest BCUT2D eigenvalue weighted by Gasteiger charge is -2.10. The number of H-pyrrole nitrogens is 1. The van der Waals surface area contributed by atoms with Crippen molar-refractivity contribution < 1.29 is 0 Å². The summed E-state index contributed by atoms with van der Waals surface area (Å²) in [4.78, 5) is 8.16. The number of halogens is 1. The number of hydrogen-bond acceptors (Lipinski definition) is 6.